The molecule has 0 spiro atoms. The lowest BCUT2D eigenvalue weighted by atomic mass is 10.2. The second-order valence-corrected chi connectivity index (χ2v) is 4.98. The molecule has 0 radical (unpaired) electrons. The van der Waals surface area contributed by atoms with E-state index in [-0.39, 0.29) is 13.3 Å². The van der Waals surface area contributed by atoms with Gasteiger partial charge >= 0.3 is 0 Å². The van der Waals surface area contributed by atoms with E-state index in [0.717, 1.165) is 5.56 Å². The number of rotatable bonds is 4. The Morgan fingerprint density at radius 3 is 3.00 bits per heavy atom. The third-order valence-electron chi connectivity index (χ3n) is 3.43. The number of fused-ring (bicyclic) bond motifs is 1. The van der Waals surface area contributed by atoms with Gasteiger partial charge in [0.15, 0.2) is 11.5 Å². The highest BCUT2D eigenvalue weighted by molar-refractivity contribution is 5.74. The van der Waals surface area contributed by atoms with Gasteiger partial charge in [-0.05, 0) is 30.3 Å². The Labute approximate surface area is 130 Å². The zero-order valence-corrected chi connectivity index (χ0v) is 11.9. The van der Waals surface area contributed by atoms with Gasteiger partial charge in [0.1, 0.15) is 12.2 Å². The van der Waals surface area contributed by atoms with Gasteiger partial charge in [-0.1, -0.05) is 5.16 Å². The Hall–Kier alpha value is -3.29. The largest absolute Gasteiger partial charge is 0.454 e. The highest BCUT2D eigenvalue weighted by Crippen LogP contribution is 2.35. The van der Waals surface area contributed by atoms with E-state index in [2.05, 4.69) is 10.1 Å². The molecule has 0 unspecified atom stereocenters. The van der Waals surface area contributed by atoms with E-state index in [9.17, 15) is 4.79 Å². The maximum Gasteiger partial charge on any atom is 0.274 e. The fourth-order valence-corrected chi connectivity index (χ4v) is 2.39. The van der Waals surface area contributed by atoms with E-state index >= 15 is 0 Å². The summed E-state index contributed by atoms with van der Waals surface area (Å²) in [6.45, 7) is 0.251. The van der Waals surface area contributed by atoms with Crippen molar-refractivity contribution in [3.8, 4) is 34.5 Å². The second-order valence-electron chi connectivity index (χ2n) is 4.98. The Morgan fingerprint density at radius 2 is 2.13 bits per heavy atom. The molecule has 0 saturated heterocycles. The summed E-state index contributed by atoms with van der Waals surface area (Å²) in [6, 6.07) is 8.97. The number of carbonyl (C=O) groups is 1. The quantitative estimate of drug-likeness (QED) is 0.781. The molecule has 116 valence electrons. The minimum Gasteiger partial charge on any atom is -0.454 e. The molecule has 2 aromatic heterocycles. The maximum atomic E-state index is 11.1. The van der Waals surface area contributed by atoms with Gasteiger partial charge in [-0.25, -0.2) is 0 Å². The molecule has 1 aliphatic heterocycles. The van der Waals surface area contributed by atoms with Crippen LogP contribution in [-0.4, -0.2) is 27.4 Å². The van der Waals surface area contributed by atoms with Gasteiger partial charge in [0.25, 0.3) is 5.89 Å². The van der Waals surface area contributed by atoms with Crippen molar-refractivity contribution in [2.24, 2.45) is 5.73 Å². The number of primary amides is 1. The standard InChI is InChI=1S/C15H12N4O4/c16-13(20)7-19-5-1-2-10(19)15-17-14(18-23-15)9-3-4-11-12(6-9)22-8-21-11/h1-6H,7-8H2,(H2,16,20). The monoisotopic (exact) mass is 312 g/mol. The average molecular weight is 312 g/mol. The first-order valence-electron chi connectivity index (χ1n) is 6.88. The van der Waals surface area contributed by atoms with Crippen molar-refractivity contribution in [1.82, 2.24) is 14.7 Å². The maximum absolute atomic E-state index is 11.1. The van der Waals surface area contributed by atoms with Crippen molar-refractivity contribution in [2.75, 3.05) is 6.79 Å². The molecule has 0 fully saturated rings. The van der Waals surface area contributed by atoms with Gasteiger partial charge in [0.05, 0.1) is 0 Å². The molecule has 8 heteroatoms. The van der Waals surface area contributed by atoms with Crippen LogP contribution in [0, 0.1) is 0 Å². The molecule has 1 aliphatic rings. The van der Waals surface area contributed by atoms with Crippen LogP contribution in [0.4, 0.5) is 0 Å². The molecule has 3 heterocycles. The number of nitrogens with zero attached hydrogens (tertiary/aromatic N) is 3. The van der Waals surface area contributed by atoms with Crippen LogP contribution < -0.4 is 15.2 Å². The summed E-state index contributed by atoms with van der Waals surface area (Å²) in [5.41, 5.74) is 6.60. The van der Waals surface area contributed by atoms with E-state index < -0.39 is 5.91 Å². The summed E-state index contributed by atoms with van der Waals surface area (Å²) in [5.74, 6) is 1.62. The molecule has 8 nitrogen and oxygen atoms in total. The third kappa shape index (κ3) is 2.39. The first-order valence-corrected chi connectivity index (χ1v) is 6.88. The molecule has 0 atom stereocenters. The highest BCUT2D eigenvalue weighted by Gasteiger charge is 2.18. The summed E-state index contributed by atoms with van der Waals surface area (Å²) in [6.07, 6.45) is 1.73. The molecule has 4 rings (SSSR count). The first kappa shape index (κ1) is 13.4. The van der Waals surface area contributed by atoms with Gasteiger partial charge in [0.2, 0.25) is 18.5 Å². The van der Waals surface area contributed by atoms with Gasteiger partial charge < -0.3 is 24.3 Å². The van der Waals surface area contributed by atoms with Crippen molar-refractivity contribution in [2.45, 2.75) is 6.54 Å². The fraction of sp³-hybridized carbons (Fsp3) is 0.133. The predicted octanol–water partition coefficient (Wildman–Crippen LogP) is 1.42. The minimum atomic E-state index is -0.446. The lowest BCUT2D eigenvalue weighted by Gasteiger charge is -2.02. The number of aromatic nitrogens is 3. The van der Waals surface area contributed by atoms with Crippen LogP contribution in [0.25, 0.3) is 23.0 Å². The third-order valence-corrected chi connectivity index (χ3v) is 3.43. The first-order chi connectivity index (χ1) is 11.2. The summed E-state index contributed by atoms with van der Waals surface area (Å²) >= 11 is 0. The number of nitrogens with two attached hydrogens (primary N) is 1. The number of ether oxygens (including phenoxy) is 2. The number of hydrogen-bond acceptors (Lipinski definition) is 6. The molecular weight excluding hydrogens is 300 g/mol. The number of benzene rings is 1. The summed E-state index contributed by atoms with van der Waals surface area (Å²) in [7, 11) is 0. The van der Waals surface area contributed by atoms with E-state index in [1.165, 1.54) is 0 Å². The Kier molecular flexibility index (Phi) is 3.00. The summed E-state index contributed by atoms with van der Waals surface area (Å²) < 4.78 is 17.6. The smallest absolute Gasteiger partial charge is 0.274 e. The number of amides is 1. The molecule has 23 heavy (non-hydrogen) atoms. The molecule has 0 bridgehead atoms. The van der Waals surface area contributed by atoms with Crippen LogP contribution in [0.3, 0.4) is 0 Å². The van der Waals surface area contributed by atoms with Gasteiger partial charge in [-0.3, -0.25) is 4.79 Å². The molecule has 1 aromatic carbocycles. The molecule has 0 saturated carbocycles. The molecule has 0 aliphatic carbocycles. The van der Waals surface area contributed by atoms with Crippen molar-refractivity contribution < 1.29 is 18.8 Å². The topological polar surface area (TPSA) is 105 Å². The van der Waals surface area contributed by atoms with Gasteiger partial charge in [0, 0.05) is 11.8 Å². The van der Waals surface area contributed by atoms with Crippen LogP contribution >= 0.6 is 0 Å². The summed E-state index contributed by atoms with van der Waals surface area (Å²) in [4.78, 5) is 15.5. The van der Waals surface area contributed by atoms with E-state index in [1.54, 1.807) is 35.0 Å². The normalized spacial score (nSPS) is 12.5. The number of hydrogen-bond donors (Lipinski definition) is 1. The summed E-state index contributed by atoms with van der Waals surface area (Å²) in [5, 5.41) is 3.98. The molecule has 3 aromatic rings. The predicted molar refractivity (Wildman–Crippen MR) is 78.5 cm³/mol. The second kappa shape index (κ2) is 5.16. The van der Waals surface area contributed by atoms with Crippen molar-refractivity contribution in [1.29, 1.82) is 0 Å². The van der Waals surface area contributed by atoms with Crippen LogP contribution in [0.5, 0.6) is 11.5 Å². The van der Waals surface area contributed by atoms with E-state index in [0.29, 0.717) is 28.9 Å². The molecule has 1 amide bonds. The molecular formula is C15H12N4O4. The fourth-order valence-electron chi connectivity index (χ4n) is 2.39. The van der Waals surface area contributed by atoms with Crippen LogP contribution in [-0.2, 0) is 11.3 Å². The highest BCUT2D eigenvalue weighted by atomic mass is 16.7. The lowest BCUT2D eigenvalue weighted by Crippen LogP contribution is -2.18. The lowest BCUT2D eigenvalue weighted by molar-refractivity contribution is -0.118. The zero-order chi connectivity index (χ0) is 15.8. The van der Waals surface area contributed by atoms with Gasteiger partial charge in [-0.2, -0.15) is 4.98 Å². The van der Waals surface area contributed by atoms with Crippen LogP contribution in [0.2, 0.25) is 0 Å². The van der Waals surface area contributed by atoms with E-state index in [1.807, 2.05) is 6.07 Å². The number of carbonyl (C=O) groups excluding carboxylic acids is 1. The van der Waals surface area contributed by atoms with Crippen molar-refractivity contribution in [3.05, 3.63) is 36.5 Å². The van der Waals surface area contributed by atoms with Crippen LogP contribution in [0.15, 0.2) is 41.1 Å². The minimum absolute atomic E-state index is 0.0457. The van der Waals surface area contributed by atoms with Gasteiger partial charge in [-0.15, -0.1) is 0 Å². The Bertz CT molecular complexity index is 883. The molecule has 2 N–H and O–H groups in total. The zero-order valence-electron chi connectivity index (χ0n) is 11.9. The SMILES string of the molecule is NC(=O)Cn1cccc1-c1nc(-c2ccc3c(c2)OCO3)no1. The Morgan fingerprint density at radius 1 is 1.26 bits per heavy atom. The van der Waals surface area contributed by atoms with Crippen LogP contribution in [0.1, 0.15) is 0 Å². The Balaban J connectivity index is 1.67. The van der Waals surface area contributed by atoms with Crippen molar-refractivity contribution >= 4 is 5.91 Å². The van der Waals surface area contributed by atoms with Crippen molar-refractivity contribution in [3.63, 3.8) is 0 Å². The average Bonchev–Trinajstić information content (AvgIpc) is 3.25. The van der Waals surface area contributed by atoms with E-state index in [4.69, 9.17) is 19.7 Å².